The first-order valence-corrected chi connectivity index (χ1v) is 6.17. The predicted octanol–water partition coefficient (Wildman–Crippen LogP) is 2.95. The summed E-state index contributed by atoms with van der Waals surface area (Å²) in [6, 6.07) is 13.9. The number of benzene rings is 1. The molecule has 0 unspecified atom stereocenters. The number of aryl methyl sites for hydroxylation is 2. The van der Waals surface area contributed by atoms with E-state index >= 15 is 0 Å². The molecule has 0 aliphatic rings. The minimum Gasteiger partial charge on any atom is -0.253 e. The Morgan fingerprint density at radius 2 is 1.74 bits per heavy atom. The van der Waals surface area contributed by atoms with Gasteiger partial charge < -0.3 is 0 Å². The fraction of sp³-hybridized carbons (Fsp3) is 0.133. The molecule has 0 bridgehead atoms. The van der Waals surface area contributed by atoms with Crippen LogP contribution >= 0.6 is 0 Å². The van der Waals surface area contributed by atoms with Crippen molar-refractivity contribution < 1.29 is 0 Å². The minimum atomic E-state index is 0.666. The predicted molar refractivity (Wildman–Crippen MR) is 74.1 cm³/mol. The van der Waals surface area contributed by atoms with Gasteiger partial charge in [0.1, 0.15) is 11.5 Å². The number of pyridine rings is 1. The molecule has 4 nitrogen and oxygen atoms in total. The smallest absolute Gasteiger partial charge is 0.200 e. The van der Waals surface area contributed by atoms with Crippen LogP contribution in [0.3, 0.4) is 0 Å². The number of nitrogens with zero attached hydrogens (tertiary/aromatic N) is 4. The van der Waals surface area contributed by atoms with Gasteiger partial charge in [-0.25, -0.2) is 9.67 Å². The summed E-state index contributed by atoms with van der Waals surface area (Å²) in [6.07, 6.45) is 1.76. The van der Waals surface area contributed by atoms with E-state index in [2.05, 4.69) is 15.1 Å². The van der Waals surface area contributed by atoms with E-state index in [1.54, 1.807) is 6.20 Å². The van der Waals surface area contributed by atoms with Gasteiger partial charge in [0.15, 0.2) is 0 Å². The van der Waals surface area contributed by atoms with Crippen LogP contribution in [0.2, 0.25) is 0 Å². The summed E-state index contributed by atoms with van der Waals surface area (Å²) in [4.78, 5) is 8.87. The van der Waals surface area contributed by atoms with Crippen LogP contribution in [0.25, 0.3) is 17.2 Å². The van der Waals surface area contributed by atoms with Crippen molar-refractivity contribution in [2.24, 2.45) is 0 Å². The van der Waals surface area contributed by atoms with Gasteiger partial charge in [-0.3, -0.25) is 4.98 Å². The van der Waals surface area contributed by atoms with Crippen LogP contribution in [0, 0.1) is 13.8 Å². The average molecular weight is 250 g/mol. The Morgan fingerprint density at radius 3 is 2.47 bits per heavy atom. The average Bonchev–Trinajstić information content (AvgIpc) is 2.82. The second kappa shape index (κ2) is 4.65. The van der Waals surface area contributed by atoms with E-state index in [9.17, 15) is 0 Å². The van der Waals surface area contributed by atoms with Crippen molar-refractivity contribution in [2.45, 2.75) is 13.8 Å². The maximum Gasteiger partial charge on any atom is 0.200 e. The molecule has 4 heteroatoms. The SMILES string of the molecule is Cc1cccnc1-c1nc(C)n(-c2ccccc2)n1. The quantitative estimate of drug-likeness (QED) is 0.702. The molecular weight excluding hydrogens is 236 g/mol. The second-order valence-corrected chi connectivity index (χ2v) is 4.40. The third-order valence-corrected chi connectivity index (χ3v) is 2.99. The molecule has 0 N–H and O–H groups in total. The topological polar surface area (TPSA) is 43.6 Å². The first kappa shape index (κ1) is 11.6. The Balaban J connectivity index is 2.10. The van der Waals surface area contributed by atoms with Crippen LogP contribution in [0.1, 0.15) is 11.4 Å². The second-order valence-electron chi connectivity index (χ2n) is 4.40. The fourth-order valence-electron chi connectivity index (χ4n) is 2.02. The molecule has 2 aromatic heterocycles. The summed E-state index contributed by atoms with van der Waals surface area (Å²) >= 11 is 0. The van der Waals surface area contributed by atoms with Crippen molar-refractivity contribution in [3.63, 3.8) is 0 Å². The summed E-state index contributed by atoms with van der Waals surface area (Å²) in [5, 5.41) is 4.55. The lowest BCUT2D eigenvalue weighted by atomic mass is 10.2. The molecule has 94 valence electrons. The molecule has 19 heavy (non-hydrogen) atoms. The molecule has 0 amide bonds. The first-order valence-electron chi connectivity index (χ1n) is 6.17. The molecular formula is C15H14N4. The van der Waals surface area contributed by atoms with Gasteiger partial charge in [-0.05, 0) is 37.6 Å². The van der Waals surface area contributed by atoms with Crippen molar-refractivity contribution >= 4 is 0 Å². The van der Waals surface area contributed by atoms with Crippen molar-refractivity contribution in [3.8, 4) is 17.2 Å². The van der Waals surface area contributed by atoms with E-state index in [1.807, 2.05) is 61.0 Å². The van der Waals surface area contributed by atoms with Crippen LogP contribution in [0.5, 0.6) is 0 Å². The zero-order valence-electron chi connectivity index (χ0n) is 10.9. The van der Waals surface area contributed by atoms with Gasteiger partial charge in [-0.2, -0.15) is 0 Å². The fourth-order valence-corrected chi connectivity index (χ4v) is 2.02. The maximum atomic E-state index is 4.55. The zero-order chi connectivity index (χ0) is 13.2. The number of rotatable bonds is 2. The molecule has 0 fully saturated rings. The lowest BCUT2D eigenvalue weighted by Gasteiger charge is -2.01. The highest BCUT2D eigenvalue weighted by Crippen LogP contribution is 2.18. The summed E-state index contributed by atoms with van der Waals surface area (Å²) in [6.45, 7) is 3.96. The molecule has 0 spiro atoms. The Morgan fingerprint density at radius 1 is 0.947 bits per heavy atom. The van der Waals surface area contributed by atoms with Crippen LogP contribution in [-0.2, 0) is 0 Å². The van der Waals surface area contributed by atoms with Crippen molar-refractivity contribution in [1.82, 2.24) is 19.7 Å². The van der Waals surface area contributed by atoms with Gasteiger partial charge >= 0.3 is 0 Å². The normalized spacial score (nSPS) is 10.6. The third kappa shape index (κ3) is 2.12. The van der Waals surface area contributed by atoms with Crippen LogP contribution in [0.15, 0.2) is 48.7 Å². The van der Waals surface area contributed by atoms with E-state index < -0.39 is 0 Å². The minimum absolute atomic E-state index is 0.666. The van der Waals surface area contributed by atoms with Crippen LogP contribution < -0.4 is 0 Å². The van der Waals surface area contributed by atoms with Gasteiger partial charge in [0.2, 0.25) is 5.82 Å². The molecule has 0 aliphatic carbocycles. The third-order valence-electron chi connectivity index (χ3n) is 2.99. The standard InChI is InChI=1S/C15H14N4/c1-11-7-6-10-16-14(11)15-17-12(2)19(18-15)13-8-4-3-5-9-13/h3-10H,1-2H3. The first-order chi connectivity index (χ1) is 9.25. The van der Waals surface area contributed by atoms with Gasteiger partial charge in [-0.15, -0.1) is 5.10 Å². The summed E-state index contributed by atoms with van der Waals surface area (Å²) in [7, 11) is 0. The Bertz CT molecular complexity index is 701. The molecule has 3 aromatic rings. The van der Waals surface area contributed by atoms with Crippen molar-refractivity contribution in [1.29, 1.82) is 0 Å². The maximum absolute atomic E-state index is 4.55. The summed E-state index contributed by atoms with van der Waals surface area (Å²) < 4.78 is 1.84. The van der Waals surface area contributed by atoms with E-state index in [0.717, 1.165) is 22.8 Å². The summed E-state index contributed by atoms with van der Waals surface area (Å²) in [5.74, 6) is 1.52. The largest absolute Gasteiger partial charge is 0.253 e. The number of aromatic nitrogens is 4. The van der Waals surface area contributed by atoms with Gasteiger partial charge in [0.05, 0.1) is 5.69 Å². The molecule has 0 saturated heterocycles. The summed E-state index contributed by atoms with van der Waals surface area (Å²) in [5.41, 5.74) is 2.92. The van der Waals surface area contributed by atoms with Crippen molar-refractivity contribution in [3.05, 3.63) is 60.0 Å². The number of para-hydroxylation sites is 1. The van der Waals surface area contributed by atoms with Crippen LogP contribution in [0.4, 0.5) is 0 Å². The van der Waals surface area contributed by atoms with Gasteiger partial charge in [0, 0.05) is 6.20 Å². The molecule has 2 heterocycles. The van der Waals surface area contributed by atoms with E-state index in [-0.39, 0.29) is 0 Å². The molecule has 3 rings (SSSR count). The van der Waals surface area contributed by atoms with E-state index in [0.29, 0.717) is 5.82 Å². The number of hydrogen-bond acceptors (Lipinski definition) is 3. The van der Waals surface area contributed by atoms with Crippen LogP contribution in [-0.4, -0.2) is 19.7 Å². The molecule has 0 atom stereocenters. The molecule has 0 aliphatic heterocycles. The zero-order valence-corrected chi connectivity index (χ0v) is 10.9. The highest BCUT2D eigenvalue weighted by Gasteiger charge is 2.12. The Labute approximate surface area is 111 Å². The lowest BCUT2D eigenvalue weighted by Crippen LogP contribution is -1.98. The van der Waals surface area contributed by atoms with E-state index in [4.69, 9.17) is 0 Å². The monoisotopic (exact) mass is 250 g/mol. The van der Waals surface area contributed by atoms with Gasteiger partial charge in [-0.1, -0.05) is 24.3 Å². The van der Waals surface area contributed by atoms with Crippen molar-refractivity contribution in [2.75, 3.05) is 0 Å². The Kier molecular flexibility index (Phi) is 2.83. The lowest BCUT2D eigenvalue weighted by molar-refractivity contribution is 0.841. The highest BCUT2D eigenvalue weighted by atomic mass is 15.4. The number of hydrogen-bond donors (Lipinski definition) is 0. The molecule has 0 saturated carbocycles. The van der Waals surface area contributed by atoms with Gasteiger partial charge in [0.25, 0.3) is 0 Å². The highest BCUT2D eigenvalue weighted by molar-refractivity contribution is 5.54. The molecule has 1 aromatic carbocycles. The molecule has 0 radical (unpaired) electrons. The van der Waals surface area contributed by atoms with E-state index in [1.165, 1.54) is 0 Å². The Hall–Kier alpha value is -2.49.